The van der Waals surface area contributed by atoms with Gasteiger partial charge < -0.3 is 4.74 Å². The molecule has 3 rings (SSSR count). The molecule has 0 aliphatic heterocycles. The Morgan fingerprint density at radius 1 is 1.25 bits per heavy atom. The quantitative estimate of drug-likeness (QED) is 0.811. The van der Waals surface area contributed by atoms with E-state index in [-0.39, 0.29) is 0 Å². The maximum Gasteiger partial charge on any atom is 0.154 e. The normalized spacial score (nSPS) is 14.5. The van der Waals surface area contributed by atoms with Crippen molar-refractivity contribution >= 4 is 0 Å². The molecule has 1 heterocycles. The second kappa shape index (κ2) is 5.65. The number of aryl methyl sites for hydroxylation is 3. The van der Waals surface area contributed by atoms with Crippen LogP contribution in [0.3, 0.4) is 0 Å². The summed E-state index contributed by atoms with van der Waals surface area (Å²) in [5.74, 6) is 3.72. The Morgan fingerprint density at radius 3 is 2.75 bits per heavy atom. The van der Waals surface area contributed by atoms with Gasteiger partial charge in [0.15, 0.2) is 5.82 Å². The van der Waals surface area contributed by atoms with Gasteiger partial charge in [-0.25, -0.2) is 4.98 Å². The largest absolute Gasteiger partial charge is 0.496 e. The van der Waals surface area contributed by atoms with Gasteiger partial charge in [-0.15, -0.1) is 0 Å². The molecule has 2 aromatic rings. The highest BCUT2D eigenvalue weighted by molar-refractivity contribution is 5.33. The van der Waals surface area contributed by atoms with Gasteiger partial charge in [-0.2, -0.15) is 5.10 Å². The van der Waals surface area contributed by atoms with Crippen molar-refractivity contribution in [2.45, 2.75) is 45.1 Å². The molecular formula is C16H21N3O. The van der Waals surface area contributed by atoms with E-state index in [0.29, 0.717) is 5.92 Å². The van der Waals surface area contributed by atoms with Crippen molar-refractivity contribution in [1.82, 2.24) is 14.8 Å². The van der Waals surface area contributed by atoms with Crippen LogP contribution >= 0.6 is 0 Å². The van der Waals surface area contributed by atoms with Gasteiger partial charge in [-0.3, -0.25) is 4.68 Å². The molecule has 0 atom stereocenters. The third-order valence-electron chi connectivity index (χ3n) is 3.82. The van der Waals surface area contributed by atoms with Crippen molar-refractivity contribution in [2.75, 3.05) is 7.11 Å². The van der Waals surface area contributed by atoms with E-state index in [1.165, 1.54) is 18.4 Å². The number of ether oxygens (including phenoxy) is 1. The standard InChI is InChI=1S/C16H21N3O/c1-3-19-15(17-16(18-19)13-8-9-13)11-10-12-6-4-5-7-14(12)20-2/h4-7,13H,3,8-11H2,1-2H3. The van der Waals surface area contributed by atoms with Gasteiger partial charge in [0.1, 0.15) is 11.6 Å². The summed E-state index contributed by atoms with van der Waals surface area (Å²) in [4.78, 5) is 4.72. The molecule has 1 aromatic carbocycles. The molecule has 4 nitrogen and oxygen atoms in total. The van der Waals surface area contributed by atoms with Crippen molar-refractivity contribution in [3.63, 3.8) is 0 Å². The zero-order valence-corrected chi connectivity index (χ0v) is 12.2. The van der Waals surface area contributed by atoms with Crippen LogP contribution in [0.25, 0.3) is 0 Å². The van der Waals surface area contributed by atoms with E-state index in [9.17, 15) is 0 Å². The molecule has 1 aliphatic carbocycles. The first kappa shape index (κ1) is 13.2. The monoisotopic (exact) mass is 271 g/mol. The van der Waals surface area contributed by atoms with Gasteiger partial charge in [0.2, 0.25) is 0 Å². The van der Waals surface area contributed by atoms with Crippen molar-refractivity contribution in [3.8, 4) is 5.75 Å². The molecule has 1 aliphatic rings. The SMILES string of the molecule is CCn1nc(C2CC2)nc1CCc1ccccc1OC. The molecular weight excluding hydrogens is 250 g/mol. The lowest BCUT2D eigenvalue weighted by Gasteiger charge is -2.08. The van der Waals surface area contributed by atoms with Crippen LogP contribution in [0.2, 0.25) is 0 Å². The molecule has 4 heteroatoms. The van der Waals surface area contributed by atoms with E-state index in [1.807, 2.05) is 16.8 Å². The van der Waals surface area contributed by atoms with Crippen LogP contribution in [0.1, 0.15) is 42.9 Å². The number of benzene rings is 1. The highest BCUT2D eigenvalue weighted by Crippen LogP contribution is 2.38. The van der Waals surface area contributed by atoms with Crippen LogP contribution in [0, 0.1) is 0 Å². The highest BCUT2D eigenvalue weighted by Gasteiger charge is 2.28. The first-order valence-electron chi connectivity index (χ1n) is 7.37. The summed E-state index contributed by atoms with van der Waals surface area (Å²) in [6, 6.07) is 8.18. The summed E-state index contributed by atoms with van der Waals surface area (Å²) < 4.78 is 7.45. The molecule has 0 bridgehead atoms. The lowest BCUT2D eigenvalue weighted by atomic mass is 10.1. The number of hydrogen-bond donors (Lipinski definition) is 0. The Hall–Kier alpha value is -1.84. The van der Waals surface area contributed by atoms with E-state index >= 15 is 0 Å². The van der Waals surface area contributed by atoms with Gasteiger partial charge in [0.25, 0.3) is 0 Å². The van der Waals surface area contributed by atoms with Crippen LogP contribution < -0.4 is 4.74 Å². The van der Waals surface area contributed by atoms with Crippen molar-refractivity contribution in [2.24, 2.45) is 0 Å². The molecule has 1 aromatic heterocycles. The second-order valence-corrected chi connectivity index (χ2v) is 5.29. The fourth-order valence-corrected chi connectivity index (χ4v) is 2.50. The van der Waals surface area contributed by atoms with Gasteiger partial charge in [0, 0.05) is 18.9 Å². The van der Waals surface area contributed by atoms with E-state index in [0.717, 1.165) is 36.8 Å². The number of aromatic nitrogens is 3. The smallest absolute Gasteiger partial charge is 0.154 e. The molecule has 0 saturated heterocycles. The Bertz CT molecular complexity index is 587. The Kier molecular flexibility index (Phi) is 3.72. The van der Waals surface area contributed by atoms with Crippen LogP contribution in [0.5, 0.6) is 5.75 Å². The lowest BCUT2D eigenvalue weighted by molar-refractivity contribution is 0.409. The third-order valence-corrected chi connectivity index (χ3v) is 3.82. The Labute approximate surface area is 119 Å². The molecule has 20 heavy (non-hydrogen) atoms. The molecule has 0 radical (unpaired) electrons. The van der Waals surface area contributed by atoms with Gasteiger partial charge in [-0.1, -0.05) is 18.2 Å². The summed E-state index contributed by atoms with van der Waals surface area (Å²) in [6.07, 6.45) is 4.35. The molecule has 0 unspecified atom stereocenters. The van der Waals surface area contributed by atoms with Crippen molar-refractivity contribution in [1.29, 1.82) is 0 Å². The molecule has 1 fully saturated rings. The van der Waals surface area contributed by atoms with E-state index in [4.69, 9.17) is 9.72 Å². The molecule has 0 amide bonds. The third kappa shape index (κ3) is 2.69. The van der Waals surface area contributed by atoms with E-state index in [1.54, 1.807) is 7.11 Å². The first-order chi connectivity index (χ1) is 9.81. The second-order valence-electron chi connectivity index (χ2n) is 5.29. The van der Waals surface area contributed by atoms with Gasteiger partial charge in [-0.05, 0) is 37.8 Å². The number of para-hydroxylation sites is 1. The molecule has 106 valence electrons. The summed E-state index contributed by atoms with van der Waals surface area (Å²) in [5.41, 5.74) is 1.23. The Morgan fingerprint density at radius 2 is 2.05 bits per heavy atom. The fourth-order valence-electron chi connectivity index (χ4n) is 2.50. The summed E-state index contributed by atoms with van der Waals surface area (Å²) in [6.45, 7) is 3.01. The maximum absolute atomic E-state index is 5.40. The van der Waals surface area contributed by atoms with Crippen LogP contribution in [-0.4, -0.2) is 21.9 Å². The fraction of sp³-hybridized carbons (Fsp3) is 0.500. The molecule has 1 saturated carbocycles. The zero-order valence-electron chi connectivity index (χ0n) is 12.2. The number of hydrogen-bond acceptors (Lipinski definition) is 3. The first-order valence-corrected chi connectivity index (χ1v) is 7.37. The van der Waals surface area contributed by atoms with Crippen LogP contribution in [0.15, 0.2) is 24.3 Å². The number of rotatable bonds is 6. The minimum absolute atomic E-state index is 0.618. The van der Waals surface area contributed by atoms with Gasteiger partial charge in [0.05, 0.1) is 7.11 Å². The minimum atomic E-state index is 0.618. The van der Waals surface area contributed by atoms with Crippen LogP contribution in [-0.2, 0) is 19.4 Å². The summed E-state index contributed by atoms with van der Waals surface area (Å²) in [5, 5.41) is 4.62. The van der Waals surface area contributed by atoms with Crippen LogP contribution in [0.4, 0.5) is 0 Å². The zero-order chi connectivity index (χ0) is 13.9. The Balaban J connectivity index is 1.74. The predicted octanol–water partition coefficient (Wildman–Crippen LogP) is 2.97. The minimum Gasteiger partial charge on any atom is -0.496 e. The molecule has 0 spiro atoms. The van der Waals surface area contributed by atoms with E-state index in [2.05, 4.69) is 24.2 Å². The van der Waals surface area contributed by atoms with E-state index < -0.39 is 0 Å². The van der Waals surface area contributed by atoms with Gasteiger partial charge >= 0.3 is 0 Å². The number of nitrogens with zero attached hydrogens (tertiary/aromatic N) is 3. The van der Waals surface area contributed by atoms with Crippen molar-refractivity contribution in [3.05, 3.63) is 41.5 Å². The molecule has 0 N–H and O–H groups in total. The number of methoxy groups -OCH3 is 1. The van der Waals surface area contributed by atoms with Crippen molar-refractivity contribution < 1.29 is 4.74 Å². The summed E-state index contributed by atoms with van der Waals surface area (Å²) in [7, 11) is 1.72. The average molecular weight is 271 g/mol. The maximum atomic E-state index is 5.40. The average Bonchev–Trinajstić information content (AvgIpc) is 3.26. The predicted molar refractivity (Wildman–Crippen MR) is 78.1 cm³/mol. The lowest BCUT2D eigenvalue weighted by Crippen LogP contribution is -2.05. The topological polar surface area (TPSA) is 39.9 Å². The highest BCUT2D eigenvalue weighted by atomic mass is 16.5. The summed E-state index contributed by atoms with van der Waals surface area (Å²) >= 11 is 0.